The van der Waals surface area contributed by atoms with Crippen molar-refractivity contribution in [3.63, 3.8) is 0 Å². The van der Waals surface area contributed by atoms with Crippen molar-refractivity contribution in [1.82, 2.24) is 5.32 Å². The van der Waals surface area contributed by atoms with Crippen LogP contribution in [-0.4, -0.2) is 19.1 Å². The van der Waals surface area contributed by atoms with Crippen LogP contribution in [0.4, 0.5) is 4.39 Å². The highest BCUT2D eigenvalue weighted by molar-refractivity contribution is 9.10. The summed E-state index contributed by atoms with van der Waals surface area (Å²) in [4.78, 5) is 11.3. The Morgan fingerprint density at radius 1 is 1.59 bits per heavy atom. The molecule has 0 saturated carbocycles. The predicted molar refractivity (Wildman–Crippen MR) is 67.0 cm³/mol. The highest BCUT2D eigenvalue weighted by atomic mass is 79.9. The molecule has 1 aromatic carbocycles. The average molecular weight is 304 g/mol. The second-order valence-electron chi connectivity index (χ2n) is 3.60. The Morgan fingerprint density at radius 3 is 2.88 bits per heavy atom. The van der Waals surface area contributed by atoms with Crippen LogP contribution in [-0.2, 0) is 16.1 Å². The fourth-order valence-electron chi connectivity index (χ4n) is 1.45. The van der Waals surface area contributed by atoms with Gasteiger partial charge < -0.3 is 10.1 Å². The summed E-state index contributed by atoms with van der Waals surface area (Å²) in [6, 6.07) is 4.09. The number of carbonyl (C=O) groups is 1. The van der Waals surface area contributed by atoms with Crippen LogP contribution in [0, 0.1) is 5.82 Å². The quantitative estimate of drug-likeness (QED) is 0.850. The molecule has 17 heavy (non-hydrogen) atoms. The Hall–Kier alpha value is -0.940. The first-order valence-corrected chi connectivity index (χ1v) is 6.13. The molecule has 0 spiro atoms. The van der Waals surface area contributed by atoms with E-state index in [0.717, 1.165) is 10.0 Å². The third-order valence-corrected chi connectivity index (χ3v) is 3.21. The minimum Gasteiger partial charge on any atom is -0.468 e. The Morgan fingerprint density at radius 2 is 2.29 bits per heavy atom. The topological polar surface area (TPSA) is 38.3 Å². The first kappa shape index (κ1) is 14.1. The van der Waals surface area contributed by atoms with Crippen molar-refractivity contribution in [3.05, 3.63) is 34.1 Å². The number of carbonyl (C=O) groups excluding carboxylic acids is 1. The molecule has 0 aliphatic rings. The summed E-state index contributed by atoms with van der Waals surface area (Å²) in [5.41, 5.74) is 0.771. The van der Waals surface area contributed by atoms with E-state index in [-0.39, 0.29) is 17.8 Å². The highest BCUT2D eigenvalue weighted by Gasteiger charge is 2.16. The maximum Gasteiger partial charge on any atom is 0.322 e. The van der Waals surface area contributed by atoms with Gasteiger partial charge in [0.15, 0.2) is 0 Å². The lowest BCUT2D eigenvalue weighted by molar-refractivity contribution is -0.143. The third-order valence-electron chi connectivity index (χ3n) is 2.44. The molecule has 0 amide bonds. The van der Waals surface area contributed by atoms with Crippen molar-refractivity contribution < 1.29 is 13.9 Å². The molecule has 3 nitrogen and oxygen atoms in total. The zero-order chi connectivity index (χ0) is 12.8. The van der Waals surface area contributed by atoms with Gasteiger partial charge in [0.05, 0.1) is 7.11 Å². The standard InChI is InChI=1S/C12H15BrFNO2/c1-3-11(12(16)17-2)15-7-8-6-9(14)4-5-10(8)13/h4-6,11,15H,3,7H2,1-2H3. The van der Waals surface area contributed by atoms with Crippen LogP contribution in [0.25, 0.3) is 0 Å². The maximum atomic E-state index is 13.0. The van der Waals surface area contributed by atoms with Crippen molar-refractivity contribution in [3.8, 4) is 0 Å². The second-order valence-corrected chi connectivity index (χ2v) is 4.45. The Balaban J connectivity index is 2.65. The van der Waals surface area contributed by atoms with Gasteiger partial charge in [0.1, 0.15) is 11.9 Å². The first-order valence-electron chi connectivity index (χ1n) is 5.33. The van der Waals surface area contributed by atoms with Crippen molar-refractivity contribution in [2.75, 3.05) is 7.11 Å². The summed E-state index contributed by atoms with van der Waals surface area (Å²) in [5, 5.41) is 3.03. The summed E-state index contributed by atoms with van der Waals surface area (Å²) in [5.74, 6) is -0.601. The maximum absolute atomic E-state index is 13.0. The zero-order valence-electron chi connectivity index (χ0n) is 9.80. The van der Waals surface area contributed by atoms with E-state index in [4.69, 9.17) is 0 Å². The fraction of sp³-hybridized carbons (Fsp3) is 0.417. The molecular weight excluding hydrogens is 289 g/mol. The number of methoxy groups -OCH3 is 1. The minimum atomic E-state index is -0.366. The molecule has 1 rings (SSSR count). The molecule has 0 aliphatic heterocycles. The van der Waals surface area contributed by atoms with Gasteiger partial charge in [0.25, 0.3) is 0 Å². The molecule has 5 heteroatoms. The number of esters is 1. The van der Waals surface area contributed by atoms with Gasteiger partial charge in [-0.3, -0.25) is 4.79 Å². The van der Waals surface area contributed by atoms with Crippen molar-refractivity contribution in [1.29, 1.82) is 0 Å². The van der Waals surface area contributed by atoms with E-state index < -0.39 is 0 Å². The van der Waals surface area contributed by atoms with Crippen LogP contribution in [0.1, 0.15) is 18.9 Å². The molecule has 1 N–H and O–H groups in total. The fourth-order valence-corrected chi connectivity index (χ4v) is 1.84. The third kappa shape index (κ3) is 4.09. The van der Waals surface area contributed by atoms with Gasteiger partial charge in [-0.05, 0) is 30.2 Å². The van der Waals surface area contributed by atoms with Crippen LogP contribution < -0.4 is 5.32 Å². The molecule has 0 radical (unpaired) electrons. The van der Waals surface area contributed by atoms with E-state index in [0.29, 0.717) is 13.0 Å². The van der Waals surface area contributed by atoms with Crippen molar-refractivity contribution in [2.45, 2.75) is 25.9 Å². The summed E-state index contributed by atoms with van der Waals surface area (Å²) >= 11 is 3.33. The lowest BCUT2D eigenvalue weighted by Crippen LogP contribution is -2.36. The van der Waals surface area contributed by atoms with Gasteiger partial charge in [-0.2, -0.15) is 0 Å². The van der Waals surface area contributed by atoms with Crippen LogP contribution in [0.2, 0.25) is 0 Å². The number of hydrogen-bond acceptors (Lipinski definition) is 3. The summed E-state index contributed by atoms with van der Waals surface area (Å²) in [6.07, 6.45) is 0.625. The lowest BCUT2D eigenvalue weighted by atomic mass is 10.2. The van der Waals surface area contributed by atoms with Crippen LogP contribution >= 0.6 is 15.9 Å². The summed E-state index contributed by atoms with van der Waals surface area (Å²) in [6.45, 7) is 2.29. The Bertz CT molecular complexity index is 398. The lowest BCUT2D eigenvalue weighted by Gasteiger charge is -2.15. The van der Waals surface area contributed by atoms with Gasteiger partial charge in [-0.15, -0.1) is 0 Å². The van der Waals surface area contributed by atoms with E-state index in [1.54, 1.807) is 6.07 Å². The molecule has 0 fully saturated rings. The predicted octanol–water partition coefficient (Wildman–Crippen LogP) is 2.63. The number of hydrogen-bond donors (Lipinski definition) is 1. The molecule has 94 valence electrons. The van der Waals surface area contributed by atoms with Gasteiger partial charge in [0, 0.05) is 11.0 Å². The SMILES string of the molecule is CCC(NCc1cc(F)ccc1Br)C(=O)OC. The van der Waals surface area contributed by atoms with E-state index in [2.05, 4.69) is 26.0 Å². The molecule has 0 aromatic heterocycles. The first-order chi connectivity index (χ1) is 8.08. The van der Waals surface area contributed by atoms with Gasteiger partial charge >= 0.3 is 5.97 Å². The smallest absolute Gasteiger partial charge is 0.322 e. The molecule has 0 saturated heterocycles. The zero-order valence-corrected chi connectivity index (χ0v) is 11.4. The average Bonchev–Trinajstić information content (AvgIpc) is 2.33. The van der Waals surface area contributed by atoms with Crippen molar-refractivity contribution >= 4 is 21.9 Å². The van der Waals surface area contributed by atoms with E-state index in [1.165, 1.54) is 19.2 Å². The molecule has 1 atom stereocenters. The van der Waals surface area contributed by atoms with Crippen LogP contribution in [0.5, 0.6) is 0 Å². The van der Waals surface area contributed by atoms with Crippen molar-refractivity contribution in [2.24, 2.45) is 0 Å². The summed E-state index contributed by atoms with van der Waals surface area (Å²) < 4.78 is 18.5. The highest BCUT2D eigenvalue weighted by Crippen LogP contribution is 2.17. The minimum absolute atomic E-state index is 0.295. The Kier molecular flexibility index (Phi) is 5.58. The van der Waals surface area contributed by atoms with E-state index in [1.807, 2.05) is 6.92 Å². The molecule has 0 aliphatic carbocycles. The largest absolute Gasteiger partial charge is 0.468 e. The summed E-state index contributed by atoms with van der Waals surface area (Å²) in [7, 11) is 1.35. The Labute approximate surface area is 108 Å². The molecule has 0 bridgehead atoms. The number of benzene rings is 1. The molecule has 1 aromatic rings. The van der Waals surface area contributed by atoms with E-state index in [9.17, 15) is 9.18 Å². The number of halogens is 2. The second kappa shape index (κ2) is 6.71. The van der Waals surface area contributed by atoms with Gasteiger partial charge in [-0.1, -0.05) is 22.9 Å². The molecule has 1 unspecified atom stereocenters. The monoisotopic (exact) mass is 303 g/mol. The number of ether oxygens (including phenoxy) is 1. The molecular formula is C12H15BrFNO2. The van der Waals surface area contributed by atoms with E-state index >= 15 is 0 Å². The van der Waals surface area contributed by atoms with Gasteiger partial charge in [0.2, 0.25) is 0 Å². The normalized spacial score (nSPS) is 12.2. The number of rotatable bonds is 5. The van der Waals surface area contributed by atoms with Crippen LogP contribution in [0.15, 0.2) is 22.7 Å². The van der Waals surface area contributed by atoms with Crippen LogP contribution in [0.3, 0.4) is 0 Å². The number of nitrogens with one attached hydrogen (secondary N) is 1. The molecule has 0 heterocycles. The van der Waals surface area contributed by atoms with Gasteiger partial charge in [-0.25, -0.2) is 4.39 Å².